The highest BCUT2D eigenvalue weighted by molar-refractivity contribution is 5.94. The second-order valence-corrected chi connectivity index (χ2v) is 4.87. The molecule has 104 valence electrons. The summed E-state index contributed by atoms with van der Waals surface area (Å²) in [7, 11) is 0. The maximum absolute atomic E-state index is 14.1. The lowest BCUT2D eigenvalue weighted by molar-refractivity contribution is 0.142. The number of hydrogen-bond acceptors (Lipinski definition) is 2. The summed E-state index contributed by atoms with van der Waals surface area (Å²) in [5.41, 5.74) is 0.839. The van der Waals surface area contributed by atoms with Gasteiger partial charge < -0.3 is 14.9 Å². The summed E-state index contributed by atoms with van der Waals surface area (Å²) >= 11 is 0. The molecule has 4 nitrogen and oxygen atoms in total. The molecular formula is C15H15FN2O2. The molecule has 0 aromatic heterocycles. The molecule has 0 saturated carbocycles. The van der Waals surface area contributed by atoms with Crippen LogP contribution in [0.25, 0.3) is 10.8 Å². The van der Waals surface area contributed by atoms with Crippen molar-refractivity contribution in [2.45, 2.75) is 0 Å². The van der Waals surface area contributed by atoms with E-state index in [1.165, 1.54) is 11.0 Å². The lowest BCUT2D eigenvalue weighted by Gasteiger charge is -2.35. The number of rotatable bonds is 1. The van der Waals surface area contributed by atoms with E-state index in [9.17, 15) is 9.18 Å². The Morgan fingerprint density at radius 2 is 1.70 bits per heavy atom. The summed E-state index contributed by atoms with van der Waals surface area (Å²) in [4.78, 5) is 14.3. The Morgan fingerprint density at radius 1 is 1.05 bits per heavy atom. The second kappa shape index (κ2) is 5.00. The first-order chi connectivity index (χ1) is 9.66. The molecule has 0 radical (unpaired) electrons. The molecule has 1 amide bonds. The van der Waals surface area contributed by atoms with Crippen LogP contribution in [-0.2, 0) is 0 Å². The minimum Gasteiger partial charge on any atom is -0.465 e. The van der Waals surface area contributed by atoms with Crippen LogP contribution >= 0.6 is 0 Å². The van der Waals surface area contributed by atoms with E-state index in [0.717, 1.165) is 11.1 Å². The molecule has 1 saturated heterocycles. The van der Waals surface area contributed by atoms with Crippen molar-refractivity contribution in [2.24, 2.45) is 0 Å². The quantitative estimate of drug-likeness (QED) is 0.869. The molecule has 1 aliphatic heterocycles. The van der Waals surface area contributed by atoms with Gasteiger partial charge in [-0.15, -0.1) is 0 Å². The predicted octanol–water partition coefficient (Wildman–Crippen LogP) is 2.78. The highest BCUT2D eigenvalue weighted by Crippen LogP contribution is 2.29. The van der Waals surface area contributed by atoms with E-state index in [0.29, 0.717) is 31.6 Å². The largest absolute Gasteiger partial charge is 0.465 e. The molecule has 1 fully saturated rings. The molecule has 0 spiro atoms. The summed E-state index contributed by atoms with van der Waals surface area (Å²) in [5, 5.41) is 10.4. The minimum atomic E-state index is -0.895. The van der Waals surface area contributed by atoms with E-state index in [2.05, 4.69) is 0 Å². The van der Waals surface area contributed by atoms with E-state index < -0.39 is 6.09 Å². The van der Waals surface area contributed by atoms with Crippen LogP contribution in [-0.4, -0.2) is 42.3 Å². The minimum absolute atomic E-state index is 0.237. The summed E-state index contributed by atoms with van der Waals surface area (Å²) in [6, 6.07) is 10.7. The molecule has 20 heavy (non-hydrogen) atoms. The Morgan fingerprint density at radius 3 is 2.35 bits per heavy atom. The first-order valence-corrected chi connectivity index (χ1v) is 6.57. The van der Waals surface area contributed by atoms with Crippen molar-refractivity contribution in [1.29, 1.82) is 0 Å². The van der Waals surface area contributed by atoms with Crippen molar-refractivity contribution in [3.63, 3.8) is 0 Å². The van der Waals surface area contributed by atoms with Crippen LogP contribution in [0.5, 0.6) is 0 Å². The second-order valence-electron chi connectivity index (χ2n) is 4.87. The van der Waals surface area contributed by atoms with Crippen molar-refractivity contribution in [1.82, 2.24) is 4.90 Å². The summed E-state index contributed by atoms with van der Waals surface area (Å²) < 4.78 is 14.1. The fourth-order valence-electron chi connectivity index (χ4n) is 2.68. The Balaban J connectivity index is 1.94. The highest BCUT2D eigenvalue weighted by Gasteiger charge is 2.22. The van der Waals surface area contributed by atoms with E-state index in [1.807, 2.05) is 29.2 Å². The lowest BCUT2D eigenvalue weighted by Crippen LogP contribution is -2.48. The first kappa shape index (κ1) is 12.7. The predicted molar refractivity (Wildman–Crippen MR) is 75.7 cm³/mol. The Kier molecular flexibility index (Phi) is 3.18. The fraction of sp³-hybridized carbons (Fsp3) is 0.267. The van der Waals surface area contributed by atoms with E-state index in [-0.39, 0.29) is 5.82 Å². The van der Waals surface area contributed by atoms with Gasteiger partial charge in [-0.3, -0.25) is 0 Å². The Hall–Kier alpha value is -2.30. The van der Waals surface area contributed by atoms with Crippen molar-refractivity contribution >= 4 is 22.6 Å². The Labute approximate surface area is 116 Å². The van der Waals surface area contributed by atoms with Gasteiger partial charge in [0, 0.05) is 37.3 Å². The number of hydrogen-bond donors (Lipinski definition) is 1. The van der Waals surface area contributed by atoms with Gasteiger partial charge in [0.15, 0.2) is 0 Å². The maximum Gasteiger partial charge on any atom is 0.407 e. The van der Waals surface area contributed by atoms with Crippen LogP contribution in [0.15, 0.2) is 36.4 Å². The van der Waals surface area contributed by atoms with Crippen LogP contribution < -0.4 is 4.90 Å². The normalized spacial score (nSPS) is 15.7. The summed E-state index contributed by atoms with van der Waals surface area (Å²) in [6.45, 7) is 2.06. The molecule has 3 rings (SSSR count). The van der Waals surface area contributed by atoms with Crippen LogP contribution in [0.2, 0.25) is 0 Å². The van der Waals surface area contributed by atoms with Gasteiger partial charge in [-0.05, 0) is 17.5 Å². The van der Waals surface area contributed by atoms with Crippen LogP contribution in [0.3, 0.4) is 0 Å². The van der Waals surface area contributed by atoms with Gasteiger partial charge >= 0.3 is 6.09 Å². The number of benzene rings is 2. The number of carbonyl (C=O) groups is 1. The monoisotopic (exact) mass is 274 g/mol. The molecule has 1 N–H and O–H groups in total. The van der Waals surface area contributed by atoms with Gasteiger partial charge in [0.1, 0.15) is 5.82 Å². The summed E-state index contributed by atoms with van der Waals surface area (Å²) in [6.07, 6.45) is -0.895. The maximum atomic E-state index is 14.1. The zero-order valence-corrected chi connectivity index (χ0v) is 10.9. The topological polar surface area (TPSA) is 43.8 Å². The molecule has 1 aliphatic rings. The third-order valence-corrected chi connectivity index (χ3v) is 3.72. The van der Waals surface area contributed by atoms with Crippen molar-refractivity contribution < 1.29 is 14.3 Å². The average molecular weight is 274 g/mol. The Bertz CT molecular complexity index is 646. The number of carboxylic acid groups (broad SMARTS) is 1. The van der Waals surface area contributed by atoms with E-state index in [1.54, 1.807) is 6.07 Å². The average Bonchev–Trinajstić information content (AvgIpc) is 2.47. The van der Waals surface area contributed by atoms with E-state index in [4.69, 9.17) is 5.11 Å². The summed E-state index contributed by atoms with van der Waals surface area (Å²) in [5.74, 6) is -0.237. The SMILES string of the molecule is O=C(O)N1CCN(c2cccc3cccc(F)c23)CC1. The molecule has 0 atom stereocenters. The van der Waals surface area contributed by atoms with Gasteiger partial charge in [0.2, 0.25) is 0 Å². The number of anilines is 1. The molecule has 2 aromatic carbocycles. The van der Waals surface area contributed by atoms with Crippen molar-refractivity contribution in [3.05, 3.63) is 42.2 Å². The van der Waals surface area contributed by atoms with Crippen LogP contribution in [0.1, 0.15) is 0 Å². The van der Waals surface area contributed by atoms with Gasteiger partial charge in [0.05, 0.1) is 0 Å². The number of amides is 1. The molecule has 5 heteroatoms. The molecule has 0 unspecified atom stereocenters. The van der Waals surface area contributed by atoms with E-state index >= 15 is 0 Å². The third-order valence-electron chi connectivity index (χ3n) is 3.72. The van der Waals surface area contributed by atoms with Crippen LogP contribution in [0.4, 0.5) is 14.9 Å². The fourth-order valence-corrected chi connectivity index (χ4v) is 2.68. The molecule has 1 heterocycles. The third kappa shape index (κ3) is 2.15. The molecule has 0 aliphatic carbocycles. The molecule has 2 aromatic rings. The van der Waals surface area contributed by atoms with Crippen molar-refractivity contribution in [3.8, 4) is 0 Å². The zero-order valence-electron chi connectivity index (χ0n) is 10.9. The van der Waals surface area contributed by atoms with Gasteiger partial charge in [-0.25, -0.2) is 9.18 Å². The van der Waals surface area contributed by atoms with Crippen molar-refractivity contribution in [2.75, 3.05) is 31.1 Å². The molecular weight excluding hydrogens is 259 g/mol. The molecule has 0 bridgehead atoms. The van der Waals surface area contributed by atoms with Crippen LogP contribution in [0, 0.1) is 5.82 Å². The number of fused-ring (bicyclic) bond motifs is 1. The van der Waals surface area contributed by atoms with Gasteiger partial charge in [-0.2, -0.15) is 0 Å². The smallest absolute Gasteiger partial charge is 0.407 e. The number of piperazine rings is 1. The standard InChI is InChI=1S/C15H15FN2O2/c16-12-5-1-3-11-4-2-6-13(14(11)12)17-7-9-18(10-8-17)15(19)20/h1-6H,7-10H2,(H,19,20). The zero-order chi connectivity index (χ0) is 14.1. The lowest BCUT2D eigenvalue weighted by atomic mass is 10.1. The first-order valence-electron chi connectivity index (χ1n) is 6.57. The van der Waals surface area contributed by atoms with Gasteiger partial charge in [0.25, 0.3) is 0 Å². The van der Waals surface area contributed by atoms with Gasteiger partial charge in [-0.1, -0.05) is 24.3 Å². The number of halogens is 1. The number of nitrogens with zero attached hydrogens (tertiary/aromatic N) is 2. The highest BCUT2D eigenvalue weighted by atomic mass is 19.1.